The van der Waals surface area contributed by atoms with Crippen LogP contribution in [0.2, 0.25) is 0 Å². The largest absolute Gasteiger partial charge is 0.487 e. The molecule has 0 amide bonds. The molecule has 0 spiro atoms. The SMILES string of the molecule is C=CC1=C(/C=C\C)Nc2ccccc2CO1. The first-order valence-electron chi connectivity index (χ1n) is 5.32. The quantitative estimate of drug-likeness (QED) is 0.810. The molecule has 0 bridgehead atoms. The average Bonchev–Trinajstić information content (AvgIpc) is 2.48. The van der Waals surface area contributed by atoms with Gasteiger partial charge in [-0.25, -0.2) is 0 Å². The van der Waals surface area contributed by atoms with Gasteiger partial charge in [-0.05, 0) is 25.1 Å². The number of para-hydroxylation sites is 1. The van der Waals surface area contributed by atoms with Crippen LogP contribution in [-0.2, 0) is 11.3 Å². The van der Waals surface area contributed by atoms with Crippen molar-refractivity contribution < 1.29 is 4.74 Å². The summed E-state index contributed by atoms with van der Waals surface area (Å²) in [5.74, 6) is 0.786. The van der Waals surface area contributed by atoms with Crippen molar-refractivity contribution in [1.29, 1.82) is 0 Å². The van der Waals surface area contributed by atoms with E-state index in [1.807, 2.05) is 37.3 Å². The first-order chi connectivity index (χ1) is 7.85. The number of fused-ring (bicyclic) bond motifs is 1. The van der Waals surface area contributed by atoms with E-state index in [1.165, 1.54) is 0 Å². The lowest BCUT2D eigenvalue weighted by atomic mass is 10.2. The van der Waals surface area contributed by atoms with Crippen LogP contribution in [0.25, 0.3) is 0 Å². The molecule has 16 heavy (non-hydrogen) atoms. The summed E-state index contributed by atoms with van der Waals surface area (Å²) in [5.41, 5.74) is 3.19. The highest BCUT2D eigenvalue weighted by Gasteiger charge is 2.11. The fraction of sp³-hybridized carbons (Fsp3) is 0.143. The van der Waals surface area contributed by atoms with Crippen molar-refractivity contribution in [3.8, 4) is 0 Å². The maximum Gasteiger partial charge on any atom is 0.142 e. The van der Waals surface area contributed by atoms with E-state index >= 15 is 0 Å². The minimum atomic E-state index is 0.575. The van der Waals surface area contributed by atoms with Gasteiger partial charge < -0.3 is 10.1 Å². The van der Waals surface area contributed by atoms with Crippen LogP contribution in [0.5, 0.6) is 0 Å². The number of benzene rings is 1. The molecule has 0 fully saturated rings. The highest BCUT2D eigenvalue weighted by molar-refractivity contribution is 5.58. The van der Waals surface area contributed by atoms with E-state index in [0.29, 0.717) is 6.61 Å². The van der Waals surface area contributed by atoms with Gasteiger partial charge in [-0.3, -0.25) is 0 Å². The fourth-order valence-corrected chi connectivity index (χ4v) is 1.67. The zero-order valence-electron chi connectivity index (χ0n) is 9.36. The van der Waals surface area contributed by atoms with E-state index in [2.05, 4.69) is 18.0 Å². The molecule has 0 radical (unpaired) electrons. The third-order valence-corrected chi connectivity index (χ3v) is 2.45. The Morgan fingerprint density at radius 3 is 2.94 bits per heavy atom. The number of rotatable bonds is 2. The van der Waals surface area contributed by atoms with Gasteiger partial charge in [0, 0.05) is 11.3 Å². The third kappa shape index (κ3) is 2.01. The monoisotopic (exact) mass is 213 g/mol. The van der Waals surface area contributed by atoms with Crippen LogP contribution in [0.15, 0.2) is 60.5 Å². The number of hydrogen-bond acceptors (Lipinski definition) is 2. The lowest BCUT2D eigenvalue weighted by Gasteiger charge is -2.07. The van der Waals surface area contributed by atoms with Crippen LogP contribution in [0.4, 0.5) is 5.69 Å². The van der Waals surface area contributed by atoms with Gasteiger partial charge in [-0.15, -0.1) is 0 Å². The Morgan fingerprint density at radius 2 is 2.19 bits per heavy atom. The molecule has 1 N–H and O–H groups in total. The van der Waals surface area contributed by atoms with Gasteiger partial charge in [-0.1, -0.05) is 30.9 Å². The van der Waals surface area contributed by atoms with Gasteiger partial charge in [0.15, 0.2) is 0 Å². The Balaban J connectivity index is 2.41. The summed E-state index contributed by atoms with van der Waals surface area (Å²) in [6.07, 6.45) is 5.69. The molecule has 0 aromatic heterocycles. The normalized spacial score (nSPS) is 15.1. The van der Waals surface area contributed by atoms with Crippen molar-refractivity contribution in [2.45, 2.75) is 13.5 Å². The molecule has 2 nitrogen and oxygen atoms in total. The predicted molar refractivity (Wildman–Crippen MR) is 66.9 cm³/mol. The lowest BCUT2D eigenvalue weighted by Crippen LogP contribution is -1.99. The summed E-state index contributed by atoms with van der Waals surface area (Å²) < 4.78 is 5.69. The van der Waals surface area contributed by atoms with Crippen LogP contribution in [0.3, 0.4) is 0 Å². The molecule has 1 aliphatic heterocycles. The summed E-state index contributed by atoms with van der Waals surface area (Å²) >= 11 is 0. The second-order valence-electron chi connectivity index (χ2n) is 3.55. The van der Waals surface area contributed by atoms with E-state index in [1.54, 1.807) is 6.08 Å². The molecule has 2 rings (SSSR count). The third-order valence-electron chi connectivity index (χ3n) is 2.45. The molecule has 0 aliphatic carbocycles. The van der Waals surface area contributed by atoms with Crippen LogP contribution >= 0.6 is 0 Å². The van der Waals surface area contributed by atoms with Gasteiger partial charge >= 0.3 is 0 Å². The first kappa shape index (κ1) is 10.6. The van der Waals surface area contributed by atoms with Gasteiger partial charge in [-0.2, -0.15) is 0 Å². The number of allylic oxidation sites excluding steroid dienone is 3. The number of hydrogen-bond donors (Lipinski definition) is 1. The van der Waals surface area contributed by atoms with E-state index in [0.717, 1.165) is 22.7 Å². The van der Waals surface area contributed by atoms with Crippen LogP contribution in [-0.4, -0.2) is 0 Å². The Hall–Kier alpha value is -1.96. The predicted octanol–water partition coefficient (Wildman–Crippen LogP) is 3.60. The van der Waals surface area contributed by atoms with Crippen molar-refractivity contribution in [2.24, 2.45) is 0 Å². The Labute approximate surface area is 95.9 Å². The van der Waals surface area contributed by atoms with Gasteiger partial charge in [0.05, 0.1) is 5.70 Å². The smallest absolute Gasteiger partial charge is 0.142 e. The van der Waals surface area contributed by atoms with Crippen molar-refractivity contribution in [3.63, 3.8) is 0 Å². The standard InChI is InChI=1S/C14H15NO/c1-3-7-13-14(4-2)16-10-11-8-5-6-9-12(11)15-13/h3-9,15H,2,10H2,1H3/b7-3-. The van der Waals surface area contributed by atoms with E-state index in [9.17, 15) is 0 Å². The number of ether oxygens (including phenoxy) is 1. The molecule has 1 aromatic carbocycles. The molecular weight excluding hydrogens is 198 g/mol. The van der Waals surface area contributed by atoms with Crippen LogP contribution in [0, 0.1) is 0 Å². The summed E-state index contributed by atoms with van der Waals surface area (Å²) in [5, 5.41) is 3.36. The summed E-state index contributed by atoms with van der Waals surface area (Å²) in [6.45, 7) is 6.32. The highest BCUT2D eigenvalue weighted by Crippen LogP contribution is 2.25. The van der Waals surface area contributed by atoms with Crippen LogP contribution < -0.4 is 5.32 Å². The van der Waals surface area contributed by atoms with Crippen LogP contribution in [0.1, 0.15) is 12.5 Å². The molecule has 0 atom stereocenters. The van der Waals surface area contributed by atoms with Crippen molar-refractivity contribution in [3.05, 3.63) is 66.1 Å². The Morgan fingerprint density at radius 1 is 1.38 bits per heavy atom. The summed E-state index contributed by atoms with van der Waals surface area (Å²) in [7, 11) is 0. The molecule has 0 saturated heterocycles. The number of nitrogens with one attached hydrogen (secondary N) is 1. The van der Waals surface area contributed by atoms with E-state index < -0.39 is 0 Å². The average molecular weight is 213 g/mol. The maximum absolute atomic E-state index is 5.69. The minimum Gasteiger partial charge on any atom is -0.487 e. The minimum absolute atomic E-state index is 0.575. The second-order valence-corrected chi connectivity index (χ2v) is 3.55. The van der Waals surface area contributed by atoms with Gasteiger partial charge in [0.25, 0.3) is 0 Å². The second kappa shape index (κ2) is 4.71. The van der Waals surface area contributed by atoms with E-state index in [-0.39, 0.29) is 0 Å². The molecule has 0 unspecified atom stereocenters. The lowest BCUT2D eigenvalue weighted by molar-refractivity contribution is 0.212. The molecule has 1 heterocycles. The van der Waals surface area contributed by atoms with Crippen molar-refractivity contribution >= 4 is 5.69 Å². The fourth-order valence-electron chi connectivity index (χ4n) is 1.67. The topological polar surface area (TPSA) is 21.3 Å². The molecule has 1 aromatic rings. The Bertz CT molecular complexity index is 458. The van der Waals surface area contributed by atoms with Crippen molar-refractivity contribution in [2.75, 3.05) is 5.32 Å². The number of anilines is 1. The molecular formula is C14H15NO. The molecule has 0 saturated carbocycles. The first-order valence-corrected chi connectivity index (χ1v) is 5.32. The summed E-state index contributed by atoms with van der Waals surface area (Å²) in [4.78, 5) is 0. The highest BCUT2D eigenvalue weighted by atomic mass is 16.5. The van der Waals surface area contributed by atoms with E-state index in [4.69, 9.17) is 4.74 Å². The molecule has 1 aliphatic rings. The maximum atomic E-state index is 5.69. The Kier molecular flexibility index (Phi) is 3.10. The summed E-state index contributed by atoms with van der Waals surface area (Å²) in [6, 6.07) is 8.13. The zero-order valence-corrected chi connectivity index (χ0v) is 9.36. The van der Waals surface area contributed by atoms with Gasteiger partial charge in [0.1, 0.15) is 12.4 Å². The van der Waals surface area contributed by atoms with Gasteiger partial charge in [0.2, 0.25) is 0 Å². The van der Waals surface area contributed by atoms with Crippen molar-refractivity contribution in [1.82, 2.24) is 0 Å². The molecule has 2 heteroatoms. The zero-order chi connectivity index (χ0) is 11.4. The molecule has 82 valence electrons.